The van der Waals surface area contributed by atoms with Crippen LogP contribution in [0.15, 0.2) is 28.2 Å². The van der Waals surface area contributed by atoms with Gasteiger partial charge in [0.2, 0.25) is 5.91 Å². The highest BCUT2D eigenvalue weighted by atomic mass is 35.5. The first-order valence-corrected chi connectivity index (χ1v) is 9.85. The lowest BCUT2D eigenvalue weighted by Gasteiger charge is -2.12. The van der Waals surface area contributed by atoms with Crippen molar-refractivity contribution in [3.63, 3.8) is 0 Å². The Morgan fingerprint density at radius 2 is 2.04 bits per heavy atom. The topological polar surface area (TPSA) is 74.8 Å². The zero-order valence-corrected chi connectivity index (χ0v) is 15.7. The van der Waals surface area contributed by atoms with Gasteiger partial charge < -0.3 is 10.3 Å². The lowest BCUT2D eigenvalue weighted by molar-refractivity contribution is -0.115. The summed E-state index contributed by atoms with van der Waals surface area (Å²) in [5, 5.41) is 3.65. The highest BCUT2D eigenvalue weighted by Gasteiger charge is 2.21. The molecule has 1 aromatic carbocycles. The minimum Gasteiger partial charge on any atom is -0.325 e. The smallest absolute Gasteiger partial charge is 0.255 e. The van der Waals surface area contributed by atoms with Crippen LogP contribution in [0.3, 0.4) is 0 Å². The van der Waals surface area contributed by atoms with E-state index in [-0.39, 0.29) is 11.5 Å². The summed E-state index contributed by atoms with van der Waals surface area (Å²) >= 11 is 14.7. The Morgan fingerprint density at radius 3 is 2.75 bits per heavy atom. The summed E-state index contributed by atoms with van der Waals surface area (Å²) in [7, 11) is 0. The van der Waals surface area contributed by atoms with Crippen LogP contribution < -0.4 is 10.9 Å². The van der Waals surface area contributed by atoms with Gasteiger partial charge >= 0.3 is 0 Å². The highest BCUT2D eigenvalue weighted by molar-refractivity contribution is 8.00. The largest absolute Gasteiger partial charge is 0.325 e. The predicted molar refractivity (Wildman–Crippen MR) is 100 cm³/mol. The highest BCUT2D eigenvalue weighted by Crippen LogP contribution is 2.28. The Kier molecular flexibility index (Phi) is 5.44. The minimum absolute atomic E-state index is 0.123. The molecule has 0 saturated carbocycles. The van der Waals surface area contributed by atoms with Crippen molar-refractivity contribution in [1.29, 1.82) is 0 Å². The maximum absolute atomic E-state index is 12.3. The third-order valence-corrected chi connectivity index (χ3v) is 5.74. The summed E-state index contributed by atoms with van der Waals surface area (Å²) in [6, 6.07) is 4.83. The van der Waals surface area contributed by atoms with Gasteiger partial charge in [-0.15, -0.1) is 0 Å². The molecule has 24 heavy (non-hydrogen) atoms. The number of halogens is 2. The van der Waals surface area contributed by atoms with Gasteiger partial charge in [0.1, 0.15) is 0 Å². The number of nitrogens with one attached hydrogen (secondary N) is 2. The van der Waals surface area contributed by atoms with Gasteiger partial charge in [-0.25, -0.2) is 4.98 Å². The van der Waals surface area contributed by atoms with Gasteiger partial charge in [-0.05, 0) is 25.1 Å². The van der Waals surface area contributed by atoms with E-state index in [1.165, 1.54) is 11.8 Å². The molecule has 9 heteroatoms. The van der Waals surface area contributed by atoms with Crippen molar-refractivity contribution in [2.75, 3.05) is 5.32 Å². The molecule has 5 nitrogen and oxygen atoms in total. The van der Waals surface area contributed by atoms with E-state index >= 15 is 0 Å². The van der Waals surface area contributed by atoms with E-state index in [9.17, 15) is 9.59 Å². The average Bonchev–Trinajstić information content (AvgIpc) is 2.94. The number of H-pyrrole nitrogens is 1. The zero-order chi connectivity index (χ0) is 17.3. The third-order valence-electron chi connectivity index (χ3n) is 3.35. The van der Waals surface area contributed by atoms with Crippen LogP contribution in [0.2, 0.25) is 10.0 Å². The number of carbonyl (C=O) groups excluding carboxylic acids is 1. The van der Waals surface area contributed by atoms with Gasteiger partial charge in [-0.3, -0.25) is 9.59 Å². The summed E-state index contributed by atoms with van der Waals surface area (Å²) < 4.78 is 0. The summed E-state index contributed by atoms with van der Waals surface area (Å²) in [6.45, 7) is 1.74. The molecular weight excluding hydrogens is 389 g/mol. The molecule has 0 aliphatic carbocycles. The number of anilines is 1. The van der Waals surface area contributed by atoms with Gasteiger partial charge in [-0.1, -0.05) is 35.0 Å². The summed E-state index contributed by atoms with van der Waals surface area (Å²) in [5.74, 6) is 1.19. The van der Waals surface area contributed by atoms with E-state index in [2.05, 4.69) is 15.3 Å². The fourth-order valence-electron chi connectivity index (χ4n) is 2.19. The van der Waals surface area contributed by atoms with Crippen LogP contribution in [0.5, 0.6) is 0 Å². The number of benzene rings is 1. The fourth-order valence-corrected chi connectivity index (χ4v) is 4.56. The van der Waals surface area contributed by atoms with E-state index in [0.29, 0.717) is 26.6 Å². The number of aromatic amines is 1. The molecule has 0 radical (unpaired) electrons. The number of hydrogen-bond donors (Lipinski definition) is 2. The minimum atomic E-state index is -0.446. The molecule has 1 aromatic heterocycles. The third kappa shape index (κ3) is 4.08. The molecule has 0 bridgehead atoms. The molecule has 0 fully saturated rings. The summed E-state index contributed by atoms with van der Waals surface area (Å²) in [6.07, 6.45) is 0. The Balaban J connectivity index is 1.70. The van der Waals surface area contributed by atoms with Crippen LogP contribution in [0.25, 0.3) is 0 Å². The lowest BCUT2D eigenvalue weighted by Crippen LogP contribution is -2.23. The van der Waals surface area contributed by atoms with Crippen molar-refractivity contribution >= 4 is 58.3 Å². The molecule has 1 aliphatic rings. The van der Waals surface area contributed by atoms with E-state index in [1.807, 2.05) is 0 Å². The molecule has 1 amide bonds. The second kappa shape index (κ2) is 7.39. The first-order chi connectivity index (χ1) is 11.4. The van der Waals surface area contributed by atoms with Crippen molar-refractivity contribution in [3.05, 3.63) is 49.9 Å². The Hall–Kier alpha value is -1.15. The second-order valence-corrected chi connectivity index (χ2v) is 8.38. The second-order valence-electron chi connectivity index (χ2n) is 5.20. The number of hydrogen-bond acceptors (Lipinski definition) is 5. The van der Waals surface area contributed by atoms with Crippen LogP contribution in [-0.4, -0.2) is 21.1 Å². The molecule has 1 atom stereocenters. The molecular formula is C15H13Cl2N3O2S2. The Morgan fingerprint density at radius 1 is 1.33 bits per heavy atom. The molecule has 0 spiro atoms. The van der Waals surface area contributed by atoms with Gasteiger partial charge in [0.15, 0.2) is 5.16 Å². The normalized spacial score (nSPS) is 14.3. The number of thioether (sulfide) groups is 2. The molecule has 2 N–H and O–H groups in total. The average molecular weight is 402 g/mol. The number of amides is 1. The zero-order valence-electron chi connectivity index (χ0n) is 12.6. The van der Waals surface area contributed by atoms with Crippen LogP contribution in [-0.2, 0) is 16.3 Å². The van der Waals surface area contributed by atoms with Crippen molar-refractivity contribution in [2.45, 2.75) is 28.8 Å². The van der Waals surface area contributed by atoms with Gasteiger partial charge in [0.25, 0.3) is 5.56 Å². The number of fused-ring (bicyclic) bond motifs is 1. The van der Waals surface area contributed by atoms with Gasteiger partial charge in [0.05, 0.1) is 10.9 Å². The quantitative estimate of drug-likeness (QED) is 0.599. The molecule has 0 saturated heterocycles. The van der Waals surface area contributed by atoms with Crippen LogP contribution >= 0.6 is 46.7 Å². The number of aromatic nitrogens is 2. The van der Waals surface area contributed by atoms with Gasteiger partial charge in [0, 0.05) is 32.8 Å². The maximum atomic E-state index is 12.3. The molecule has 1 unspecified atom stereocenters. The molecule has 2 heterocycles. The number of carbonyl (C=O) groups is 1. The summed E-state index contributed by atoms with van der Waals surface area (Å²) in [5.41, 5.74) is 1.94. The van der Waals surface area contributed by atoms with Crippen LogP contribution in [0.4, 0.5) is 5.69 Å². The number of rotatable bonds is 4. The Labute approximate surface area is 156 Å². The molecule has 126 valence electrons. The van der Waals surface area contributed by atoms with E-state index in [1.54, 1.807) is 36.9 Å². The maximum Gasteiger partial charge on any atom is 0.255 e. The first-order valence-electron chi connectivity index (χ1n) is 7.06. The first kappa shape index (κ1) is 17.7. The Bertz CT molecular complexity index is 837. The van der Waals surface area contributed by atoms with Crippen molar-refractivity contribution in [3.8, 4) is 0 Å². The monoisotopic (exact) mass is 401 g/mol. The summed E-state index contributed by atoms with van der Waals surface area (Å²) in [4.78, 5) is 31.5. The SMILES string of the molecule is CC(Sc1nc2c(c(=O)[nH]1)CSC2)C(=O)Nc1cc(Cl)cc(Cl)c1. The van der Waals surface area contributed by atoms with Crippen molar-refractivity contribution < 1.29 is 4.79 Å². The molecule has 1 aliphatic heterocycles. The van der Waals surface area contributed by atoms with Crippen LogP contribution in [0, 0.1) is 0 Å². The van der Waals surface area contributed by atoms with Crippen molar-refractivity contribution in [2.24, 2.45) is 0 Å². The molecule has 2 aromatic rings. The van der Waals surface area contributed by atoms with E-state index in [4.69, 9.17) is 23.2 Å². The predicted octanol–water partition coefficient (Wildman–Crippen LogP) is 3.94. The van der Waals surface area contributed by atoms with Crippen LogP contribution in [0.1, 0.15) is 18.2 Å². The van der Waals surface area contributed by atoms with Crippen molar-refractivity contribution in [1.82, 2.24) is 9.97 Å². The van der Waals surface area contributed by atoms with E-state index < -0.39 is 5.25 Å². The number of nitrogens with zero attached hydrogens (tertiary/aromatic N) is 1. The van der Waals surface area contributed by atoms with Gasteiger partial charge in [-0.2, -0.15) is 11.8 Å². The fraction of sp³-hybridized carbons (Fsp3) is 0.267. The molecule has 3 rings (SSSR count). The lowest BCUT2D eigenvalue weighted by atomic mass is 10.3. The van der Waals surface area contributed by atoms with E-state index in [0.717, 1.165) is 17.0 Å². The standard InChI is InChI=1S/C15H13Cl2N3O2S2/c1-7(13(21)18-10-3-8(16)2-9(17)4-10)24-15-19-12-6-23-5-11(12)14(22)20-15/h2-4,7H,5-6H2,1H3,(H,18,21)(H,19,20,22).